The highest BCUT2D eigenvalue weighted by Crippen LogP contribution is 2.28. The normalized spacial score (nSPS) is 11.5. The van der Waals surface area contributed by atoms with Gasteiger partial charge >= 0.3 is 0 Å². The van der Waals surface area contributed by atoms with Gasteiger partial charge in [0.15, 0.2) is 16.3 Å². The first-order valence-corrected chi connectivity index (χ1v) is 11.1. The first-order chi connectivity index (χ1) is 15.2. The zero-order valence-electron chi connectivity index (χ0n) is 18.0. The van der Waals surface area contributed by atoms with Crippen molar-refractivity contribution in [2.45, 2.75) is 19.9 Å². The number of methoxy groups -OCH3 is 2. The molecule has 0 fully saturated rings. The van der Waals surface area contributed by atoms with E-state index in [9.17, 15) is 0 Å². The zero-order chi connectivity index (χ0) is 21.6. The standard InChI is InChI=1S/C26H26N2O2S/c1-19-9-12-22(13-10-19)27-26-28(23(18-31-26)21-7-5-4-6-8-21)16-15-20-11-14-24(29-2)25(17-20)30-3/h4-14,17-18H,15-16H2,1-3H3. The van der Waals surface area contributed by atoms with Gasteiger partial charge < -0.3 is 14.0 Å². The Morgan fingerprint density at radius 1 is 0.871 bits per heavy atom. The largest absolute Gasteiger partial charge is 0.493 e. The molecule has 0 saturated carbocycles. The van der Waals surface area contributed by atoms with Crippen molar-refractivity contribution in [1.29, 1.82) is 0 Å². The van der Waals surface area contributed by atoms with Gasteiger partial charge in [0.25, 0.3) is 0 Å². The highest BCUT2D eigenvalue weighted by Gasteiger charge is 2.10. The van der Waals surface area contributed by atoms with Crippen LogP contribution in [-0.2, 0) is 13.0 Å². The number of aromatic nitrogens is 1. The lowest BCUT2D eigenvalue weighted by Crippen LogP contribution is -2.17. The molecule has 0 N–H and O–H groups in total. The lowest BCUT2D eigenvalue weighted by molar-refractivity contribution is 0.354. The van der Waals surface area contributed by atoms with E-state index in [1.54, 1.807) is 25.6 Å². The van der Waals surface area contributed by atoms with Crippen molar-refractivity contribution < 1.29 is 9.47 Å². The number of rotatable bonds is 7. The van der Waals surface area contributed by atoms with Crippen molar-refractivity contribution in [1.82, 2.24) is 4.57 Å². The Morgan fingerprint density at radius 3 is 2.32 bits per heavy atom. The van der Waals surface area contributed by atoms with E-state index in [0.29, 0.717) is 0 Å². The average Bonchev–Trinajstić information content (AvgIpc) is 3.21. The van der Waals surface area contributed by atoms with Crippen LogP contribution in [0.15, 0.2) is 83.2 Å². The number of benzene rings is 3. The predicted molar refractivity (Wildman–Crippen MR) is 127 cm³/mol. The van der Waals surface area contributed by atoms with Crippen LogP contribution in [0.4, 0.5) is 5.69 Å². The quantitative estimate of drug-likeness (QED) is 0.360. The van der Waals surface area contributed by atoms with Gasteiger partial charge in [0.2, 0.25) is 0 Å². The summed E-state index contributed by atoms with van der Waals surface area (Å²) in [6.07, 6.45) is 0.859. The van der Waals surface area contributed by atoms with Crippen molar-refractivity contribution in [3.05, 3.63) is 94.1 Å². The molecular formula is C26H26N2O2S. The molecule has 0 unspecified atom stereocenters. The van der Waals surface area contributed by atoms with Gasteiger partial charge in [-0.1, -0.05) is 54.1 Å². The Morgan fingerprint density at radius 2 is 1.61 bits per heavy atom. The molecule has 4 rings (SSSR count). The molecule has 4 aromatic rings. The fourth-order valence-corrected chi connectivity index (χ4v) is 4.44. The number of hydrogen-bond acceptors (Lipinski definition) is 4. The Balaban J connectivity index is 1.70. The topological polar surface area (TPSA) is 35.8 Å². The van der Waals surface area contributed by atoms with E-state index in [2.05, 4.69) is 71.5 Å². The molecule has 0 amide bonds. The van der Waals surface area contributed by atoms with Crippen LogP contribution < -0.4 is 14.3 Å². The monoisotopic (exact) mass is 430 g/mol. The molecule has 31 heavy (non-hydrogen) atoms. The summed E-state index contributed by atoms with van der Waals surface area (Å²) in [5, 5.41) is 2.19. The summed E-state index contributed by atoms with van der Waals surface area (Å²) in [6, 6.07) is 24.9. The molecule has 3 aromatic carbocycles. The maximum Gasteiger partial charge on any atom is 0.190 e. The highest BCUT2D eigenvalue weighted by atomic mass is 32.1. The third-order valence-corrected chi connectivity index (χ3v) is 6.06. The molecular weight excluding hydrogens is 404 g/mol. The summed E-state index contributed by atoms with van der Waals surface area (Å²) in [7, 11) is 3.32. The third kappa shape index (κ3) is 4.89. The van der Waals surface area contributed by atoms with E-state index < -0.39 is 0 Å². The molecule has 4 nitrogen and oxygen atoms in total. The first-order valence-electron chi connectivity index (χ1n) is 10.2. The molecule has 0 atom stereocenters. The smallest absolute Gasteiger partial charge is 0.190 e. The molecule has 0 aliphatic heterocycles. The van der Waals surface area contributed by atoms with Gasteiger partial charge in [0.05, 0.1) is 25.6 Å². The number of thiazole rings is 1. The summed E-state index contributed by atoms with van der Waals surface area (Å²) < 4.78 is 13.1. The van der Waals surface area contributed by atoms with E-state index >= 15 is 0 Å². The maximum atomic E-state index is 5.47. The van der Waals surface area contributed by atoms with Crippen LogP contribution in [0.5, 0.6) is 11.5 Å². The molecule has 1 heterocycles. The maximum absolute atomic E-state index is 5.47. The second kappa shape index (κ2) is 9.67. The van der Waals surface area contributed by atoms with Crippen LogP contribution in [0.2, 0.25) is 0 Å². The molecule has 0 bridgehead atoms. The van der Waals surface area contributed by atoms with Gasteiger partial charge in [-0.3, -0.25) is 0 Å². The number of aryl methyl sites for hydroxylation is 2. The Labute approximate surface area is 187 Å². The third-order valence-electron chi connectivity index (χ3n) is 5.20. The Kier molecular flexibility index (Phi) is 6.53. The lowest BCUT2D eigenvalue weighted by Gasteiger charge is -2.12. The minimum absolute atomic E-state index is 0.745. The zero-order valence-corrected chi connectivity index (χ0v) is 18.9. The number of hydrogen-bond donors (Lipinski definition) is 0. The first kappa shape index (κ1) is 20.9. The van der Waals surface area contributed by atoms with E-state index in [4.69, 9.17) is 14.5 Å². The van der Waals surface area contributed by atoms with Crippen molar-refractivity contribution in [2.75, 3.05) is 14.2 Å². The minimum Gasteiger partial charge on any atom is -0.493 e. The molecule has 158 valence electrons. The van der Waals surface area contributed by atoms with Gasteiger partial charge in [0.1, 0.15) is 0 Å². The second-order valence-corrected chi connectivity index (χ2v) is 8.14. The molecule has 0 saturated heterocycles. The van der Waals surface area contributed by atoms with Crippen molar-refractivity contribution in [3.63, 3.8) is 0 Å². The average molecular weight is 431 g/mol. The highest BCUT2D eigenvalue weighted by molar-refractivity contribution is 7.07. The lowest BCUT2D eigenvalue weighted by atomic mass is 10.1. The molecule has 0 spiro atoms. The summed E-state index contributed by atoms with van der Waals surface area (Å²) in [6.45, 7) is 2.90. The fraction of sp³-hybridized carbons (Fsp3) is 0.192. The summed E-state index contributed by atoms with van der Waals surface area (Å²) >= 11 is 1.67. The minimum atomic E-state index is 0.745. The number of ether oxygens (including phenoxy) is 2. The van der Waals surface area contributed by atoms with E-state index in [0.717, 1.165) is 35.0 Å². The molecule has 0 radical (unpaired) electrons. The Bertz CT molecular complexity index is 1210. The SMILES string of the molecule is COc1ccc(CCn2c(-c3ccccc3)csc2=Nc2ccc(C)cc2)cc1OC. The summed E-state index contributed by atoms with van der Waals surface area (Å²) in [4.78, 5) is 5.93. The summed E-state index contributed by atoms with van der Waals surface area (Å²) in [5.74, 6) is 1.50. The van der Waals surface area contributed by atoms with Gasteiger partial charge in [-0.15, -0.1) is 11.3 Å². The molecule has 0 aliphatic rings. The van der Waals surface area contributed by atoms with Crippen LogP contribution in [0.25, 0.3) is 11.3 Å². The van der Waals surface area contributed by atoms with Crippen molar-refractivity contribution in [2.24, 2.45) is 4.99 Å². The predicted octanol–water partition coefficient (Wildman–Crippen LogP) is 6.02. The van der Waals surface area contributed by atoms with Crippen molar-refractivity contribution in [3.8, 4) is 22.8 Å². The van der Waals surface area contributed by atoms with E-state index in [1.165, 1.54) is 22.4 Å². The molecule has 0 aliphatic carbocycles. The van der Waals surface area contributed by atoms with E-state index in [1.807, 2.05) is 18.2 Å². The number of nitrogens with zero attached hydrogens (tertiary/aromatic N) is 2. The van der Waals surface area contributed by atoms with Crippen LogP contribution in [-0.4, -0.2) is 18.8 Å². The molecule has 5 heteroatoms. The van der Waals surface area contributed by atoms with E-state index in [-0.39, 0.29) is 0 Å². The fourth-order valence-electron chi connectivity index (χ4n) is 3.48. The Hall–Kier alpha value is -3.31. The van der Waals surface area contributed by atoms with Gasteiger partial charge in [-0.05, 0) is 48.7 Å². The van der Waals surface area contributed by atoms with Crippen LogP contribution in [0.3, 0.4) is 0 Å². The second-order valence-electron chi connectivity index (χ2n) is 7.31. The van der Waals surface area contributed by atoms with Crippen LogP contribution in [0, 0.1) is 6.92 Å². The van der Waals surface area contributed by atoms with Gasteiger partial charge in [-0.2, -0.15) is 0 Å². The molecule has 1 aromatic heterocycles. The van der Waals surface area contributed by atoms with Crippen LogP contribution >= 0.6 is 11.3 Å². The summed E-state index contributed by atoms with van der Waals surface area (Å²) in [5.41, 5.74) is 5.76. The van der Waals surface area contributed by atoms with Gasteiger partial charge in [0, 0.05) is 11.9 Å². The van der Waals surface area contributed by atoms with Crippen molar-refractivity contribution >= 4 is 17.0 Å². The van der Waals surface area contributed by atoms with Crippen LogP contribution in [0.1, 0.15) is 11.1 Å². The van der Waals surface area contributed by atoms with Gasteiger partial charge in [-0.25, -0.2) is 4.99 Å².